The molecule has 2 saturated carbocycles. The molecule has 0 amide bonds. The van der Waals surface area contributed by atoms with Gasteiger partial charge in [-0.05, 0) is 50.7 Å². The Labute approximate surface area is 138 Å². The van der Waals surface area contributed by atoms with Crippen molar-refractivity contribution in [3.8, 4) is 11.5 Å². The first kappa shape index (κ1) is 15.7. The van der Waals surface area contributed by atoms with Gasteiger partial charge in [0.25, 0.3) is 0 Å². The summed E-state index contributed by atoms with van der Waals surface area (Å²) < 4.78 is 12.7. The first-order valence-corrected chi connectivity index (χ1v) is 8.60. The number of rotatable bonds is 6. The van der Waals surface area contributed by atoms with E-state index in [1.807, 2.05) is 12.1 Å². The summed E-state index contributed by atoms with van der Waals surface area (Å²) in [4.78, 5) is 11.3. The van der Waals surface area contributed by atoms with Gasteiger partial charge in [-0.2, -0.15) is 0 Å². The SMILES string of the molecule is COc1ccc(Br)c(C2(CC(=O)O)CC2)c1OC1CCCC1. The van der Waals surface area contributed by atoms with Gasteiger partial charge in [-0.3, -0.25) is 4.79 Å². The molecular formula is C17H21BrO4. The molecule has 0 spiro atoms. The highest BCUT2D eigenvalue weighted by molar-refractivity contribution is 9.10. The largest absolute Gasteiger partial charge is 0.493 e. The molecule has 2 fully saturated rings. The highest BCUT2D eigenvalue weighted by Gasteiger charge is 2.49. The van der Waals surface area contributed by atoms with Gasteiger partial charge in [0.15, 0.2) is 11.5 Å². The number of halogens is 1. The molecule has 4 nitrogen and oxygen atoms in total. The van der Waals surface area contributed by atoms with Crippen molar-refractivity contribution in [1.82, 2.24) is 0 Å². The fourth-order valence-electron chi connectivity index (χ4n) is 3.44. The van der Waals surface area contributed by atoms with E-state index in [1.54, 1.807) is 7.11 Å². The van der Waals surface area contributed by atoms with E-state index in [0.29, 0.717) is 5.75 Å². The van der Waals surface area contributed by atoms with E-state index in [1.165, 1.54) is 12.8 Å². The van der Waals surface area contributed by atoms with Crippen molar-refractivity contribution in [2.75, 3.05) is 7.11 Å². The lowest BCUT2D eigenvalue weighted by atomic mass is 9.91. The minimum absolute atomic E-state index is 0.139. The van der Waals surface area contributed by atoms with E-state index < -0.39 is 5.97 Å². The maximum atomic E-state index is 11.3. The van der Waals surface area contributed by atoms with Crippen molar-refractivity contribution in [3.63, 3.8) is 0 Å². The van der Waals surface area contributed by atoms with Crippen LogP contribution in [0.1, 0.15) is 50.5 Å². The molecule has 0 aromatic heterocycles. The van der Waals surface area contributed by atoms with Crippen LogP contribution in [-0.4, -0.2) is 24.3 Å². The molecule has 22 heavy (non-hydrogen) atoms. The minimum Gasteiger partial charge on any atom is -0.493 e. The Balaban J connectivity index is 2.01. The summed E-state index contributed by atoms with van der Waals surface area (Å²) in [5, 5.41) is 9.26. The molecular weight excluding hydrogens is 348 g/mol. The van der Waals surface area contributed by atoms with E-state index >= 15 is 0 Å². The van der Waals surface area contributed by atoms with Gasteiger partial charge in [-0.1, -0.05) is 15.9 Å². The van der Waals surface area contributed by atoms with E-state index in [4.69, 9.17) is 9.47 Å². The van der Waals surface area contributed by atoms with Crippen molar-refractivity contribution in [3.05, 3.63) is 22.2 Å². The van der Waals surface area contributed by atoms with Gasteiger partial charge in [-0.25, -0.2) is 0 Å². The Morgan fingerprint density at radius 2 is 2.05 bits per heavy atom. The average molecular weight is 369 g/mol. The second-order valence-electron chi connectivity index (χ2n) is 6.33. The van der Waals surface area contributed by atoms with Gasteiger partial charge in [0.1, 0.15) is 0 Å². The summed E-state index contributed by atoms with van der Waals surface area (Å²) >= 11 is 3.60. The third-order valence-electron chi connectivity index (χ3n) is 4.75. The molecule has 1 N–H and O–H groups in total. The Morgan fingerprint density at radius 1 is 1.36 bits per heavy atom. The number of hydrogen-bond acceptors (Lipinski definition) is 3. The van der Waals surface area contributed by atoms with Crippen LogP contribution in [0.4, 0.5) is 0 Å². The highest BCUT2D eigenvalue weighted by atomic mass is 79.9. The smallest absolute Gasteiger partial charge is 0.304 e. The molecule has 1 aromatic rings. The Bertz CT molecular complexity index is 574. The van der Waals surface area contributed by atoms with Crippen LogP contribution in [0, 0.1) is 0 Å². The van der Waals surface area contributed by atoms with Crippen molar-refractivity contribution >= 4 is 21.9 Å². The maximum Gasteiger partial charge on any atom is 0.304 e. The molecule has 120 valence electrons. The quantitative estimate of drug-likeness (QED) is 0.813. The lowest BCUT2D eigenvalue weighted by Gasteiger charge is -2.24. The topological polar surface area (TPSA) is 55.8 Å². The zero-order chi connectivity index (χ0) is 15.7. The zero-order valence-corrected chi connectivity index (χ0v) is 14.3. The van der Waals surface area contributed by atoms with Gasteiger partial charge in [0.05, 0.1) is 19.6 Å². The number of ether oxygens (including phenoxy) is 2. The number of methoxy groups -OCH3 is 1. The Morgan fingerprint density at radius 3 is 2.59 bits per heavy atom. The van der Waals surface area contributed by atoms with Gasteiger partial charge < -0.3 is 14.6 Å². The summed E-state index contributed by atoms with van der Waals surface area (Å²) in [6.45, 7) is 0. The monoisotopic (exact) mass is 368 g/mol. The van der Waals surface area contributed by atoms with Gasteiger partial charge >= 0.3 is 5.97 Å². The number of benzene rings is 1. The van der Waals surface area contributed by atoms with Crippen molar-refractivity contribution in [1.29, 1.82) is 0 Å². The third kappa shape index (κ3) is 2.96. The molecule has 1 aromatic carbocycles. The Hall–Kier alpha value is -1.23. The summed E-state index contributed by atoms with van der Waals surface area (Å²) in [6, 6.07) is 3.81. The lowest BCUT2D eigenvalue weighted by Crippen LogP contribution is -2.19. The molecule has 0 heterocycles. The number of carboxylic acids is 1. The number of carbonyl (C=O) groups is 1. The maximum absolute atomic E-state index is 11.3. The molecule has 0 radical (unpaired) electrons. The van der Waals surface area contributed by atoms with E-state index in [2.05, 4.69) is 15.9 Å². The fraction of sp³-hybridized carbons (Fsp3) is 0.588. The average Bonchev–Trinajstić information content (AvgIpc) is 3.03. The second kappa shape index (κ2) is 6.11. The second-order valence-corrected chi connectivity index (χ2v) is 7.18. The van der Waals surface area contributed by atoms with Gasteiger partial charge in [0, 0.05) is 15.5 Å². The molecule has 0 bridgehead atoms. The molecule has 3 rings (SSSR count). The molecule has 0 saturated heterocycles. The predicted octanol–water partition coefficient (Wildman–Crippen LogP) is 4.29. The summed E-state index contributed by atoms with van der Waals surface area (Å²) in [5.74, 6) is 0.670. The third-order valence-corrected chi connectivity index (χ3v) is 5.41. The minimum atomic E-state index is -0.765. The number of carboxylic acid groups (broad SMARTS) is 1. The van der Waals surface area contributed by atoms with Crippen LogP contribution in [0.5, 0.6) is 11.5 Å². The van der Waals surface area contributed by atoms with Gasteiger partial charge in [-0.15, -0.1) is 0 Å². The van der Waals surface area contributed by atoms with Crippen LogP contribution in [-0.2, 0) is 10.2 Å². The van der Waals surface area contributed by atoms with Crippen LogP contribution >= 0.6 is 15.9 Å². The van der Waals surface area contributed by atoms with Crippen LogP contribution in [0.2, 0.25) is 0 Å². The normalized spacial score (nSPS) is 19.9. The van der Waals surface area contributed by atoms with Crippen LogP contribution in [0.3, 0.4) is 0 Å². The number of aliphatic carboxylic acids is 1. The standard InChI is InChI=1S/C17H21BrO4/c1-21-13-7-6-12(18)15(17(8-9-17)10-14(19)20)16(13)22-11-4-2-3-5-11/h6-7,11H,2-5,8-10H2,1H3,(H,19,20). The lowest BCUT2D eigenvalue weighted by molar-refractivity contribution is -0.137. The molecule has 2 aliphatic carbocycles. The van der Waals surface area contributed by atoms with Crippen LogP contribution in [0.25, 0.3) is 0 Å². The molecule has 5 heteroatoms. The number of hydrogen-bond donors (Lipinski definition) is 1. The van der Waals surface area contributed by atoms with Crippen molar-refractivity contribution < 1.29 is 19.4 Å². The van der Waals surface area contributed by atoms with Crippen LogP contribution in [0.15, 0.2) is 16.6 Å². The highest BCUT2D eigenvalue weighted by Crippen LogP contribution is 2.58. The summed E-state index contributed by atoms with van der Waals surface area (Å²) in [5.41, 5.74) is 0.661. The first-order chi connectivity index (χ1) is 10.6. The van der Waals surface area contributed by atoms with Crippen molar-refractivity contribution in [2.24, 2.45) is 0 Å². The fourth-order valence-corrected chi connectivity index (χ4v) is 4.17. The zero-order valence-electron chi connectivity index (χ0n) is 12.7. The van der Waals surface area contributed by atoms with Crippen LogP contribution < -0.4 is 9.47 Å². The van der Waals surface area contributed by atoms with E-state index in [0.717, 1.165) is 41.5 Å². The van der Waals surface area contributed by atoms with Gasteiger partial charge in [0.2, 0.25) is 0 Å². The summed E-state index contributed by atoms with van der Waals surface area (Å²) in [7, 11) is 1.63. The first-order valence-electron chi connectivity index (χ1n) is 7.81. The van der Waals surface area contributed by atoms with E-state index in [-0.39, 0.29) is 17.9 Å². The predicted molar refractivity (Wildman–Crippen MR) is 86.7 cm³/mol. The molecule has 0 atom stereocenters. The molecule has 0 unspecified atom stereocenters. The van der Waals surface area contributed by atoms with Crippen molar-refractivity contribution in [2.45, 2.75) is 56.5 Å². The van der Waals surface area contributed by atoms with E-state index in [9.17, 15) is 9.90 Å². The molecule has 2 aliphatic rings. The summed E-state index contributed by atoms with van der Waals surface area (Å²) in [6.07, 6.45) is 6.61. The molecule has 0 aliphatic heterocycles. The Kier molecular flexibility index (Phi) is 4.35.